The number of ether oxygens (including phenoxy) is 1. The number of rotatable bonds is 7. The van der Waals surface area contributed by atoms with Crippen LogP contribution in [0.4, 0.5) is 0 Å². The van der Waals surface area contributed by atoms with E-state index in [-0.39, 0.29) is 11.9 Å². The highest BCUT2D eigenvalue weighted by molar-refractivity contribution is 6.31. The van der Waals surface area contributed by atoms with Crippen molar-refractivity contribution in [1.82, 2.24) is 10.3 Å². The fourth-order valence-electron chi connectivity index (χ4n) is 2.39. The number of carbonyl (C=O) groups excluding carboxylic acids is 1. The number of nitrogens with zero attached hydrogens (tertiary/aromatic N) is 1. The van der Waals surface area contributed by atoms with E-state index in [1.54, 1.807) is 0 Å². The lowest BCUT2D eigenvalue weighted by Crippen LogP contribution is -2.28. The van der Waals surface area contributed by atoms with Crippen LogP contribution in [0.5, 0.6) is 5.75 Å². The lowest BCUT2D eigenvalue weighted by atomic mass is 10.1. The third-order valence-corrected chi connectivity index (χ3v) is 3.91. The number of hydrogen-bond donors (Lipinski definition) is 1. The van der Waals surface area contributed by atoms with Crippen LogP contribution >= 0.6 is 11.6 Å². The molecule has 0 radical (unpaired) electrons. The molecule has 1 atom stereocenters. The van der Waals surface area contributed by atoms with Gasteiger partial charge in [-0.05, 0) is 43.2 Å². The summed E-state index contributed by atoms with van der Waals surface area (Å²) >= 11 is 6.32. The fraction of sp³-hybridized carbons (Fsp3) is 0.300. The van der Waals surface area contributed by atoms with E-state index in [0.717, 1.165) is 22.6 Å². The van der Waals surface area contributed by atoms with E-state index in [1.165, 1.54) is 6.92 Å². The van der Waals surface area contributed by atoms with E-state index in [2.05, 4.69) is 10.3 Å². The maximum absolute atomic E-state index is 11.0. The van der Waals surface area contributed by atoms with E-state index in [0.29, 0.717) is 18.1 Å². The first-order chi connectivity index (χ1) is 12.0. The number of carbonyl (C=O) groups is 1. The molecule has 132 valence electrons. The van der Waals surface area contributed by atoms with Crippen molar-refractivity contribution in [3.63, 3.8) is 0 Å². The molecular weight excluding hydrogens is 336 g/mol. The van der Waals surface area contributed by atoms with Gasteiger partial charge in [0.2, 0.25) is 5.91 Å². The molecule has 0 spiro atoms. The van der Waals surface area contributed by atoms with Crippen molar-refractivity contribution in [3.05, 3.63) is 64.4 Å². The van der Waals surface area contributed by atoms with Gasteiger partial charge in [-0.25, -0.2) is 0 Å². The summed E-state index contributed by atoms with van der Waals surface area (Å²) in [6.07, 6.45) is 6.36. The van der Waals surface area contributed by atoms with Gasteiger partial charge in [-0.1, -0.05) is 35.9 Å². The Bertz CT molecular complexity index is 742. The number of pyridine rings is 1. The topological polar surface area (TPSA) is 51.2 Å². The van der Waals surface area contributed by atoms with Crippen LogP contribution < -0.4 is 10.1 Å². The maximum Gasteiger partial charge on any atom is 0.217 e. The molecule has 2 rings (SSSR count). The molecule has 1 aromatic heterocycles. The molecule has 1 heterocycles. The van der Waals surface area contributed by atoms with E-state index in [9.17, 15) is 4.79 Å². The summed E-state index contributed by atoms with van der Waals surface area (Å²) < 4.78 is 5.44. The summed E-state index contributed by atoms with van der Waals surface area (Å²) in [6.45, 7) is 5.99. The summed E-state index contributed by atoms with van der Waals surface area (Å²) in [5.41, 5.74) is 2.94. The van der Waals surface area contributed by atoms with E-state index in [1.807, 2.05) is 62.5 Å². The monoisotopic (exact) mass is 358 g/mol. The molecule has 0 saturated heterocycles. The molecule has 1 aromatic carbocycles. The first-order valence-electron chi connectivity index (χ1n) is 8.29. The number of aromatic nitrogens is 1. The smallest absolute Gasteiger partial charge is 0.217 e. The number of halogens is 1. The van der Waals surface area contributed by atoms with Gasteiger partial charge in [0.1, 0.15) is 5.75 Å². The lowest BCUT2D eigenvalue weighted by molar-refractivity contribution is -0.119. The Morgan fingerprint density at radius 1 is 1.36 bits per heavy atom. The van der Waals surface area contributed by atoms with Gasteiger partial charge < -0.3 is 10.1 Å². The Hall–Kier alpha value is -2.33. The van der Waals surface area contributed by atoms with Crippen LogP contribution in [0, 0.1) is 0 Å². The lowest BCUT2D eigenvalue weighted by Gasteiger charge is -2.08. The second-order valence-electron chi connectivity index (χ2n) is 5.79. The third-order valence-electron chi connectivity index (χ3n) is 3.56. The molecule has 25 heavy (non-hydrogen) atoms. The van der Waals surface area contributed by atoms with Crippen LogP contribution in [0.2, 0.25) is 5.02 Å². The third kappa shape index (κ3) is 6.24. The Balaban J connectivity index is 2.00. The standard InChI is InChI=1S/C20H23ClN2O2/c1-4-25-19-10-8-17(20(21)12-19)11-18-9-7-16(13-22-18)6-5-14(2)23-15(3)24/h5-10,12-14H,4,11H2,1-3H3,(H,23,24)/t14-/m0/s1. The number of hydrogen-bond acceptors (Lipinski definition) is 3. The van der Waals surface area contributed by atoms with Crippen LogP contribution in [0.25, 0.3) is 6.08 Å². The molecule has 1 N–H and O–H groups in total. The number of benzene rings is 1. The van der Waals surface area contributed by atoms with Gasteiger partial charge in [-0.15, -0.1) is 0 Å². The summed E-state index contributed by atoms with van der Waals surface area (Å²) in [7, 11) is 0. The molecule has 0 fully saturated rings. The van der Waals surface area contributed by atoms with Gasteiger partial charge >= 0.3 is 0 Å². The van der Waals surface area contributed by atoms with Crippen molar-refractivity contribution in [2.45, 2.75) is 33.2 Å². The predicted molar refractivity (Wildman–Crippen MR) is 102 cm³/mol. The largest absolute Gasteiger partial charge is 0.494 e. The molecule has 2 aromatic rings. The normalized spacial score (nSPS) is 12.2. The second kappa shape index (κ2) is 9.23. The van der Waals surface area contributed by atoms with Crippen LogP contribution in [-0.4, -0.2) is 23.5 Å². The molecule has 5 heteroatoms. The van der Waals surface area contributed by atoms with Crippen LogP contribution in [0.3, 0.4) is 0 Å². The van der Waals surface area contributed by atoms with Gasteiger partial charge in [-0.3, -0.25) is 9.78 Å². The Morgan fingerprint density at radius 2 is 2.16 bits per heavy atom. The van der Waals surface area contributed by atoms with Crippen LogP contribution in [0.1, 0.15) is 37.6 Å². The quantitative estimate of drug-likeness (QED) is 0.804. The molecular formula is C20H23ClN2O2. The molecule has 1 amide bonds. The molecule has 0 saturated carbocycles. The first-order valence-corrected chi connectivity index (χ1v) is 8.67. The van der Waals surface area contributed by atoms with Gasteiger partial charge in [0.05, 0.1) is 6.61 Å². The highest BCUT2D eigenvalue weighted by atomic mass is 35.5. The minimum atomic E-state index is -0.0437. The molecule has 0 aliphatic rings. The van der Waals surface area contributed by atoms with Crippen molar-refractivity contribution in [1.29, 1.82) is 0 Å². The van der Waals surface area contributed by atoms with Gasteiger partial charge in [0, 0.05) is 36.3 Å². The second-order valence-corrected chi connectivity index (χ2v) is 6.20. The molecule has 4 nitrogen and oxygen atoms in total. The van der Waals surface area contributed by atoms with Crippen molar-refractivity contribution in [3.8, 4) is 5.75 Å². The number of nitrogens with one attached hydrogen (secondary N) is 1. The Kier molecular flexibility index (Phi) is 7.02. The van der Waals surface area contributed by atoms with Gasteiger partial charge in [-0.2, -0.15) is 0 Å². The highest BCUT2D eigenvalue weighted by Crippen LogP contribution is 2.24. The van der Waals surface area contributed by atoms with E-state index in [4.69, 9.17) is 16.3 Å². The van der Waals surface area contributed by atoms with Crippen LogP contribution in [0.15, 0.2) is 42.6 Å². The molecule has 0 aliphatic carbocycles. The highest BCUT2D eigenvalue weighted by Gasteiger charge is 2.05. The van der Waals surface area contributed by atoms with Gasteiger partial charge in [0.25, 0.3) is 0 Å². The summed E-state index contributed by atoms with van der Waals surface area (Å²) in [6, 6.07) is 9.70. The zero-order chi connectivity index (χ0) is 18.2. The minimum absolute atomic E-state index is 0.0140. The summed E-state index contributed by atoms with van der Waals surface area (Å²) in [5, 5.41) is 3.49. The van der Waals surface area contributed by atoms with Gasteiger partial charge in [0.15, 0.2) is 0 Å². The molecule has 0 unspecified atom stereocenters. The Morgan fingerprint density at radius 3 is 2.76 bits per heavy atom. The van der Waals surface area contributed by atoms with Crippen molar-refractivity contribution < 1.29 is 9.53 Å². The average Bonchev–Trinajstić information content (AvgIpc) is 2.56. The SMILES string of the molecule is CCOc1ccc(Cc2ccc(C=C[C@H](C)NC(C)=O)cn2)c(Cl)c1. The fourth-order valence-corrected chi connectivity index (χ4v) is 2.62. The van der Waals surface area contributed by atoms with Crippen molar-refractivity contribution >= 4 is 23.6 Å². The zero-order valence-electron chi connectivity index (χ0n) is 14.8. The zero-order valence-corrected chi connectivity index (χ0v) is 15.5. The molecule has 0 bridgehead atoms. The predicted octanol–water partition coefficient (Wildman–Crippen LogP) is 4.26. The maximum atomic E-state index is 11.0. The van der Waals surface area contributed by atoms with Crippen molar-refractivity contribution in [2.24, 2.45) is 0 Å². The minimum Gasteiger partial charge on any atom is -0.494 e. The summed E-state index contributed by atoms with van der Waals surface area (Å²) in [4.78, 5) is 15.5. The first kappa shape index (κ1) is 19.0. The van der Waals surface area contributed by atoms with E-state index < -0.39 is 0 Å². The summed E-state index contributed by atoms with van der Waals surface area (Å²) in [5.74, 6) is 0.732. The van der Waals surface area contributed by atoms with Crippen LogP contribution in [-0.2, 0) is 11.2 Å². The molecule has 0 aliphatic heterocycles. The average molecular weight is 359 g/mol. The number of amides is 1. The Labute approximate surface area is 153 Å². The van der Waals surface area contributed by atoms with Crippen molar-refractivity contribution in [2.75, 3.05) is 6.61 Å². The van der Waals surface area contributed by atoms with E-state index >= 15 is 0 Å².